The molecular formula is C3H10N2O2S2. The smallest absolute Gasteiger partial charge is 0.169 e. The highest BCUT2D eigenvalue weighted by Crippen LogP contribution is 1.77. The van der Waals surface area contributed by atoms with Crippen molar-refractivity contribution in [1.29, 1.82) is 0 Å². The molecule has 0 saturated carbocycles. The van der Waals surface area contributed by atoms with E-state index in [4.69, 9.17) is 10.2 Å². The standard InChI is InChI=1S/C3H7NO2S2.H3N/c5-2(6)1-4-3(7)8;/h2,5-6H,1H2,(H2,4,7,8);1H3. The molecule has 0 heterocycles. The Labute approximate surface area is 64.3 Å². The Kier molecular flexibility index (Phi) is 8.23. The molecule has 9 heavy (non-hydrogen) atoms. The Balaban J connectivity index is 0. The zero-order chi connectivity index (χ0) is 6.57. The number of nitrogens with one attached hydrogen (secondary N) is 1. The Morgan fingerprint density at radius 2 is 2.11 bits per heavy atom. The predicted molar refractivity (Wildman–Crippen MR) is 42.8 cm³/mol. The van der Waals surface area contributed by atoms with Crippen molar-refractivity contribution < 1.29 is 10.2 Å². The molecule has 0 aromatic rings. The molecule has 0 fully saturated rings. The highest BCUT2D eigenvalue weighted by molar-refractivity contribution is 8.11. The van der Waals surface area contributed by atoms with Crippen LogP contribution in [-0.4, -0.2) is 27.4 Å². The maximum Gasteiger partial charge on any atom is 0.169 e. The van der Waals surface area contributed by atoms with Gasteiger partial charge in [-0.1, -0.05) is 12.2 Å². The molecule has 0 aliphatic heterocycles. The highest BCUT2D eigenvalue weighted by Gasteiger charge is 1.93. The van der Waals surface area contributed by atoms with E-state index in [2.05, 4.69) is 30.2 Å². The minimum absolute atomic E-state index is 0. The third-order valence-electron chi connectivity index (χ3n) is 0.436. The third kappa shape index (κ3) is 11.6. The number of hydrogen-bond donors (Lipinski definition) is 5. The van der Waals surface area contributed by atoms with Crippen molar-refractivity contribution in [2.24, 2.45) is 0 Å². The van der Waals surface area contributed by atoms with Gasteiger partial charge in [0, 0.05) is 0 Å². The molecule has 56 valence electrons. The number of thiocarbonyl (C=S) groups is 1. The lowest BCUT2D eigenvalue weighted by Crippen LogP contribution is -2.27. The van der Waals surface area contributed by atoms with Gasteiger partial charge in [0.15, 0.2) is 6.29 Å². The zero-order valence-corrected chi connectivity index (χ0v) is 6.45. The van der Waals surface area contributed by atoms with E-state index >= 15 is 0 Å². The van der Waals surface area contributed by atoms with Crippen molar-refractivity contribution in [3.8, 4) is 0 Å². The maximum atomic E-state index is 8.20. The molecule has 0 aromatic carbocycles. The lowest BCUT2D eigenvalue weighted by Gasteiger charge is -2.02. The fraction of sp³-hybridized carbons (Fsp3) is 0.667. The van der Waals surface area contributed by atoms with E-state index in [-0.39, 0.29) is 17.0 Å². The first-order chi connectivity index (χ1) is 3.63. The van der Waals surface area contributed by atoms with E-state index in [1.54, 1.807) is 0 Å². The molecule has 0 unspecified atom stereocenters. The Hall–Kier alpha value is 0.120. The van der Waals surface area contributed by atoms with E-state index in [1.807, 2.05) is 0 Å². The van der Waals surface area contributed by atoms with Crippen molar-refractivity contribution in [2.75, 3.05) is 6.54 Å². The van der Waals surface area contributed by atoms with Crippen LogP contribution in [0.5, 0.6) is 0 Å². The van der Waals surface area contributed by atoms with Gasteiger partial charge >= 0.3 is 0 Å². The van der Waals surface area contributed by atoms with Gasteiger partial charge < -0.3 is 21.7 Å². The van der Waals surface area contributed by atoms with Crippen molar-refractivity contribution in [3.63, 3.8) is 0 Å². The number of aliphatic hydroxyl groups excluding tert-OH is 1. The molecule has 0 saturated heterocycles. The quantitative estimate of drug-likeness (QED) is 0.214. The number of thiol groups is 1. The summed E-state index contributed by atoms with van der Waals surface area (Å²) in [5, 5.41) is 18.8. The van der Waals surface area contributed by atoms with Crippen molar-refractivity contribution in [1.82, 2.24) is 11.5 Å². The molecule has 0 aliphatic rings. The van der Waals surface area contributed by atoms with Gasteiger partial charge in [-0.3, -0.25) is 0 Å². The van der Waals surface area contributed by atoms with E-state index in [1.165, 1.54) is 0 Å². The van der Waals surface area contributed by atoms with Gasteiger partial charge in [-0.25, -0.2) is 0 Å². The Morgan fingerprint density at radius 3 is 2.22 bits per heavy atom. The minimum atomic E-state index is -1.36. The second-order valence-electron chi connectivity index (χ2n) is 1.17. The van der Waals surface area contributed by atoms with Gasteiger partial charge in [0.2, 0.25) is 0 Å². The number of rotatable bonds is 2. The molecular weight excluding hydrogens is 160 g/mol. The van der Waals surface area contributed by atoms with Crippen LogP contribution in [0.15, 0.2) is 0 Å². The number of hydrogen-bond acceptors (Lipinski definition) is 4. The summed E-state index contributed by atoms with van der Waals surface area (Å²) in [4.78, 5) is 0. The van der Waals surface area contributed by atoms with Crippen LogP contribution in [0.25, 0.3) is 0 Å². The topological polar surface area (TPSA) is 87.5 Å². The SMILES string of the molecule is N.OC(O)CNC(=S)S. The van der Waals surface area contributed by atoms with Gasteiger partial charge in [-0.15, -0.1) is 12.6 Å². The number of aliphatic hydroxyl groups is 2. The second-order valence-corrected chi connectivity index (χ2v) is 2.32. The van der Waals surface area contributed by atoms with Gasteiger partial charge in [0.25, 0.3) is 0 Å². The van der Waals surface area contributed by atoms with E-state index in [0.29, 0.717) is 0 Å². The fourth-order valence-electron chi connectivity index (χ4n) is 0.179. The summed E-state index contributed by atoms with van der Waals surface area (Å²) in [6.45, 7) is 0.0301. The first-order valence-electron chi connectivity index (χ1n) is 1.96. The van der Waals surface area contributed by atoms with E-state index in [0.717, 1.165) is 0 Å². The molecule has 0 amide bonds. The van der Waals surface area contributed by atoms with E-state index in [9.17, 15) is 0 Å². The summed E-state index contributed by atoms with van der Waals surface area (Å²) in [7, 11) is 0. The molecule has 0 spiro atoms. The summed E-state index contributed by atoms with van der Waals surface area (Å²) in [5.41, 5.74) is 0. The molecule has 0 rings (SSSR count). The van der Waals surface area contributed by atoms with Crippen LogP contribution in [0.4, 0.5) is 0 Å². The fourth-order valence-corrected chi connectivity index (χ4v) is 0.353. The normalized spacial score (nSPS) is 8.44. The Morgan fingerprint density at radius 1 is 1.67 bits per heavy atom. The molecule has 4 nitrogen and oxygen atoms in total. The molecule has 6 heteroatoms. The average molecular weight is 170 g/mol. The first kappa shape index (κ1) is 11.9. The van der Waals surface area contributed by atoms with E-state index < -0.39 is 6.29 Å². The van der Waals surface area contributed by atoms with Crippen molar-refractivity contribution >= 4 is 29.2 Å². The van der Waals surface area contributed by atoms with Crippen LogP contribution >= 0.6 is 24.8 Å². The van der Waals surface area contributed by atoms with Crippen LogP contribution in [0.3, 0.4) is 0 Å². The molecule has 0 bridgehead atoms. The molecule has 0 radical (unpaired) electrons. The average Bonchev–Trinajstić information content (AvgIpc) is 1.61. The largest absolute Gasteiger partial charge is 0.367 e. The van der Waals surface area contributed by atoms with Gasteiger partial charge in [0.05, 0.1) is 6.54 Å². The highest BCUT2D eigenvalue weighted by atomic mass is 32.1. The monoisotopic (exact) mass is 170 g/mol. The van der Waals surface area contributed by atoms with Crippen LogP contribution < -0.4 is 11.5 Å². The summed E-state index contributed by atoms with van der Waals surface area (Å²) >= 11 is 8.12. The summed E-state index contributed by atoms with van der Waals surface area (Å²) in [5.74, 6) is 0. The second kappa shape index (κ2) is 6.24. The summed E-state index contributed by atoms with van der Waals surface area (Å²) < 4.78 is 0.262. The van der Waals surface area contributed by atoms with Crippen LogP contribution in [0.2, 0.25) is 0 Å². The summed E-state index contributed by atoms with van der Waals surface area (Å²) in [6, 6.07) is 0. The van der Waals surface area contributed by atoms with Gasteiger partial charge in [-0.2, -0.15) is 0 Å². The molecule has 0 aliphatic carbocycles. The Bertz CT molecular complexity index is 87.9. The van der Waals surface area contributed by atoms with Crippen molar-refractivity contribution in [3.05, 3.63) is 0 Å². The molecule has 6 N–H and O–H groups in total. The lowest BCUT2D eigenvalue weighted by atomic mass is 10.6. The van der Waals surface area contributed by atoms with Crippen LogP contribution in [0.1, 0.15) is 0 Å². The zero-order valence-electron chi connectivity index (χ0n) is 4.74. The minimum Gasteiger partial charge on any atom is -0.367 e. The van der Waals surface area contributed by atoms with Gasteiger partial charge in [0.1, 0.15) is 4.32 Å². The van der Waals surface area contributed by atoms with Gasteiger partial charge in [-0.05, 0) is 0 Å². The van der Waals surface area contributed by atoms with Crippen LogP contribution in [-0.2, 0) is 0 Å². The lowest BCUT2D eigenvalue weighted by molar-refractivity contribution is -0.0339. The van der Waals surface area contributed by atoms with Crippen LogP contribution in [0, 0.1) is 0 Å². The third-order valence-corrected chi connectivity index (χ3v) is 0.738. The van der Waals surface area contributed by atoms with Crippen molar-refractivity contribution in [2.45, 2.75) is 6.29 Å². The molecule has 0 atom stereocenters. The molecule has 0 aromatic heterocycles. The maximum absolute atomic E-state index is 8.20. The first-order valence-corrected chi connectivity index (χ1v) is 2.81. The summed E-state index contributed by atoms with van der Waals surface area (Å²) in [6.07, 6.45) is -1.36. The predicted octanol–water partition coefficient (Wildman–Crippen LogP) is -0.737.